The molecule has 0 atom stereocenters. The summed E-state index contributed by atoms with van der Waals surface area (Å²) >= 11 is 1.62. The van der Waals surface area contributed by atoms with Crippen molar-refractivity contribution >= 4 is 22.0 Å². The van der Waals surface area contributed by atoms with Crippen molar-refractivity contribution in [2.45, 2.75) is 0 Å². The van der Waals surface area contributed by atoms with Crippen LogP contribution >= 0.6 is 11.3 Å². The molecule has 0 aliphatic rings. The first-order chi connectivity index (χ1) is 7.34. The molecular formula is C11H9N3S. The molecule has 2 heterocycles. The number of para-hydroxylation sites is 1. The highest BCUT2D eigenvalue weighted by Crippen LogP contribution is 2.25. The Morgan fingerprint density at radius 2 is 2.13 bits per heavy atom. The van der Waals surface area contributed by atoms with Gasteiger partial charge >= 0.3 is 0 Å². The third-order valence-corrected chi connectivity index (χ3v) is 3.10. The highest BCUT2D eigenvalue weighted by molar-refractivity contribution is 7.15. The van der Waals surface area contributed by atoms with E-state index in [-0.39, 0.29) is 0 Å². The van der Waals surface area contributed by atoms with Gasteiger partial charge in [0.15, 0.2) is 4.96 Å². The number of hydrogen-bond donors (Lipinski definition) is 1. The second kappa shape index (κ2) is 3.10. The number of fused-ring (bicyclic) bond motifs is 1. The maximum Gasteiger partial charge on any atom is 0.194 e. The minimum Gasteiger partial charge on any atom is -0.398 e. The summed E-state index contributed by atoms with van der Waals surface area (Å²) < 4.78 is 2.01. The van der Waals surface area contributed by atoms with Crippen LogP contribution in [0.5, 0.6) is 0 Å². The van der Waals surface area contributed by atoms with Crippen LogP contribution in [0.1, 0.15) is 0 Å². The average molecular weight is 215 g/mol. The third-order valence-electron chi connectivity index (χ3n) is 2.33. The van der Waals surface area contributed by atoms with Gasteiger partial charge in [0, 0.05) is 29.0 Å². The number of nitrogen functional groups attached to an aromatic ring is 1. The van der Waals surface area contributed by atoms with Crippen LogP contribution in [0.15, 0.2) is 42.0 Å². The Morgan fingerprint density at radius 1 is 1.27 bits per heavy atom. The molecule has 74 valence electrons. The maximum absolute atomic E-state index is 5.90. The fourth-order valence-corrected chi connectivity index (χ4v) is 2.29. The van der Waals surface area contributed by atoms with Crippen LogP contribution in [0.4, 0.5) is 5.69 Å². The van der Waals surface area contributed by atoms with E-state index < -0.39 is 0 Å². The van der Waals surface area contributed by atoms with E-state index in [0.717, 1.165) is 21.9 Å². The third kappa shape index (κ3) is 1.30. The van der Waals surface area contributed by atoms with Gasteiger partial charge in [-0.2, -0.15) is 0 Å². The standard InChI is InChI=1S/C11H9N3S/c12-9-4-2-1-3-8(9)10-7-14-5-6-15-11(14)13-10/h1-7H,12H2. The lowest BCUT2D eigenvalue weighted by Crippen LogP contribution is -1.88. The minimum absolute atomic E-state index is 0.767. The van der Waals surface area contributed by atoms with Gasteiger partial charge in [-0.05, 0) is 6.07 Å². The largest absolute Gasteiger partial charge is 0.398 e. The van der Waals surface area contributed by atoms with Gasteiger partial charge in [0.2, 0.25) is 0 Å². The van der Waals surface area contributed by atoms with E-state index in [4.69, 9.17) is 5.73 Å². The predicted octanol–water partition coefficient (Wildman–Crippen LogP) is 2.65. The maximum atomic E-state index is 5.90. The Balaban J connectivity index is 2.22. The van der Waals surface area contributed by atoms with Crippen molar-refractivity contribution in [1.29, 1.82) is 0 Å². The molecule has 0 aliphatic heterocycles. The summed E-state index contributed by atoms with van der Waals surface area (Å²) in [5.74, 6) is 0. The van der Waals surface area contributed by atoms with Crippen molar-refractivity contribution in [3.05, 3.63) is 42.0 Å². The Kier molecular flexibility index (Phi) is 1.76. The zero-order chi connectivity index (χ0) is 10.3. The number of rotatable bonds is 1. The SMILES string of the molecule is Nc1ccccc1-c1cn2ccsc2n1. The molecule has 0 saturated carbocycles. The Hall–Kier alpha value is -1.81. The molecule has 3 nitrogen and oxygen atoms in total. The van der Waals surface area contributed by atoms with E-state index in [1.54, 1.807) is 11.3 Å². The van der Waals surface area contributed by atoms with Crippen LogP contribution in [0.25, 0.3) is 16.2 Å². The zero-order valence-electron chi connectivity index (χ0n) is 7.92. The van der Waals surface area contributed by atoms with Gasteiger partial charge in [-0.15, -0.1) is 11.3 Å². The number of thiazole rings is 1. The molecule has 0 unspecified atom stereocenters. The van der Waals surface area contributed by atoms with Crippen LogP contribution in [0.3, 0.4) is 0 Å². The topological polar surface area (TPSA) is 43.3 Å². The first kappa shape index (κ1) is 8.49. The lowest BCUT2D eigenvalue weighted by atomic mass is 10.1. The molecule has 3 rings (SSSR count). The number of nitrogens with two attached hydrogens (primary N) is 1. The lowest BCUT2D eigenvalue weighted by Gasteiger charge is -1.99. The van der Waals surface area contributed by atoms with Crippen molar-refractivity contribution in [2.24, 2.45) is 0 Å². The van der Waals surface area contributed by atoms with E-state index in [2.05, 4.69) is 4.98 Å². The Bertz CT molecular complexity index is 580. The molecular weight excluding hydrogens is 206 g/mol. The number of anilines is 1. The number of hydrogen-bond acceptors (Lipinski definition) is 3. The molecule has 2 aromatic heterocycles. The summed E-state index contributed by atoms with van der Waals surface area (Å²) in [4.78, 5) is 5.50. The Labute approximate surface area is 90.8 Å². The normalized spacial score (nSPS) is 10.9. The van der Waals surface area contributed by atoms with E-state index >= 15 is 0 Å². The van der Waals surface area contributed by atoms with E-state index in [1.165, 1.54) is 0 Å². The van der Waals surface area contributed by atoms with Crippen LogP contribution in [-0.4, -0.2) is 9.38 Å². The molecule has 0 radical (unpaired) electrons. The fraction of sp³-hybridized carbons (Fsp3) is 0. The summed E-state index contributed by atoms with van der Waals surface area (Å²) in [6.07, 6.45) is 3.99. The Morgan fingerprint density at radius 3 is 2.93 bits per heavy atom. The highest BCUT2D eigenvalue weighted by atomic mass is 32.1. The molecule has 0 aliphatic carbocycles. The van der Waals surface area contributed by atoms with E-state index in [0.29, 0.717) is 0 Å². The molecule has 2 N–H and O–H groups in total. The molecule has 15 heavy (non-hydrogen) atoms. The van der Waals surface area contributed by atoms with Crippen molar-refractivity contribution in [1.82, 2.24) is 9.38 Å². The summed E-state index contributed by atoms with van der Waals surface area (Å²) in [6.45, 7) is 0. The van der Waals surface area contributed by atoms with Gasteiger partial charge in [-0.1, -0.05) is 18.2 Å². The van der Waals surface area contributed by atoms with Crippen LogP contribution in [0, 0.1) is 0 Å². The molecule has 0 spiro atoms. The van der Waals surface area contributed by atoms with Crippen molar-refractivity contribution in [3.63, 3.8) is 0 Å². The van der Waals surface area contributed by atoms with Gasteiger partial charge in [0.05, 0.1) is 5.69 Å². The number of imidazole rings is 1. The van der Waals surface area contributed by atoms with Crippen LogP contribution < -0.4 is 5.73 Å². The first-order valence-corrected chi connectivity index (χ1v) is 5.49. The lowest BCUT2D eigenvalue weighted by molar-refractivity contribution is 1.23. The summed E-state index contributed by atoms with van der Waals surface area (Å²) in [5, 5.41) is 2.01. The van der Waals surface area contributed by atoms with Crippen LogP contribution in [-0.2, 0) is 0 Å². The van der Waals surface area contributed by atoms with Gasteiger partial charge < -0.3 is 5.73 Å². The highest BCUT2D eigenvalue weighted by Gasteiger charge is 2.06. The van der Waals surface area contributed by atoms with Gasteiger partial charge in [0.1, 0.15) is 0 Å². The minimum atomic E-state index is 0.767. The van der Waals surface area contributed by atoms with Gasteiger partial charge in [-0.25, -0.2) is 4.98 Å². The number of benzene rings is 1. The summed E-state index contributed by atoms with van der Waals surface area (Å²) in [7, 11) is 0. The molecule has 3 aromatic rings. The number of nitrogens with zero attached hydrogens (tertiary/aromatic N) is 2. The van der Waals surface area contributed by atoms with Gasteiger partial charge in [-0.3, -0.25) is 4.40 Å². The van der Waals surface area contributed by atoms with Gasteiger partial charge in [0.25, 0.3) is 0 Å². The number of aromatic nitrogens is 2. The average Bonchev–Trinajstić information content (AvgIpc) is 2.77. The smallest absolute Gasteiger partial charge is 0.194 e. The fourth-order valence-electron chi connectivity index (χ4n) is 1.59. The second-order valence-electron chi connectivity index (χ2n) is 3.31. The molecule has 0 saturated heterocycles. The van der Waals surface area contributed by atoms with Crippen molar-refractivity contribution < 1.29 is 0 Å². The van der Waals surface area contributed by atoms with Crippen molar-refractivity contribution in [2.75, 3.05) is 5.73 Å². The molecule has 0 bridgehead atoms. The monoisotopic (exact) mass is 215 g/mol. The van der Waals surface area contributed by atoms with Crippen LogP contribution in [0.2, 0.25) is 0 Å². The second-order valence-corrected chi connectivity index (χ2v) is 4.18. The predicted molar refractivity (Wildman–Crippen MR) is 62.9 cm³/mol. The zero-order valence-corrected chi connectivity index (χ0v) is 8.74. The van der Waals surface area contributed by atoms with Crippen molar-refractivity contribution in [3.8, 4) is 11.3 Å². The van der Waals surface area contributed by atoms with E-state index in [9.17, 15) is 0 Å². The first-order valence-electron chi connectivity index (χ1n) is 4.62. The molecule has 0 fully saturated rings. The summed E-state index contributed by atoms with van der Waals surface area (Å²) in [5.41, 5.74) is 8.59. The molecule has 1 aromatic carbocycles. The quantitative estimate of drug-likeness (QED) is 0.634. The summed E-state index contributed by atoms with van der Waals surface area (Å²) in [6, 6.07) is 7.78. The molecule has 0 amide bonds. The molecule has 4 heteroatoms. The van der Waals surface area contributed by atoms with E-state index in [1.807, 2.05) is 46.4 Å².